The van der Waals surface area contributed by atoms with Gasteiger partial charge in [-0.15, -0.1) is 0 Å². The summed E-state index contributed by atoms with van der Waals surface area (Å²) in [4.78, 5) is 0.733. The standard InChI is InChI=1S/C14H20ClNOS/c1-2-10-7-8-12(16)14(9-10)18(17)13-6-4-3-5-11(13)15/h3-6,10,12,14H,2,7-9,16H2,1H3. The van der Waals surface area contributed by atoms with Crippen LogP contribution >= 0.6 is 11.6 Å². The van der Waals surface area contributed by atoms with Crippen molar-refractivity contribution in [2.24, 2.45) is 11.7 Å². The molecule has 0 radical (unpaired) electrons. The van der Waals surface area contributed by atoms with Gasteiger partial charge in [-0.3, -0.25) is 4.21 Å². The lowest BCUT2D eigenvalue weighted by atomic mass is 9.84. The topological polar surface area (TPSA) is 43.1 Å². The molecule has 1 aromatic carbocycles. The number of benzene rings is 1. The summed E-state index contributed by atoms with van der Waals surface area (Å²) in [6, 6.07) is 7.41. The van der Waals surface area contributed by atoms with Gasteiger partial charge in [-0.05, 0) is 37.3 Å². The first kappa shape index (κ1) is 14.0. The van der Waals surface area contributed by atoms with Gasteiger partial charge in [-0.25, -0.2) is 0 Å². The summed E-state index contributed by atoms with van der Waals surface area (Å²) in [5.41, 5.74) is 6.15. The van der Waals surface area contributed by atoms with E-state index in [9.17, 15) is 4.21 Å². The minimum Gasteiger partial charge on any atom is -0.327 e. The van der Waals surface area contributed by atoms with E-state index in [4.69, 9.17) is 17.3 Å². The average molecular weight is 286 g/mol. The summed E-state index contributed by atoms with van der Waals surface area (Å²) >= 11 is 6.12. The SMILES string of the molecule is CCC1CCC(N)C(S(=O)c2ccccc2Cl)C1. The molecule has 0 aliphatic heterocycles. The molecule has 1 saturated carbocycles. The van der Waals surface area contributed by atoms with Crippen LogP contribution in [0.5, 0.6) is 0 Å². The number of rotatable bonds is 3. The summed E-state index contributed by atoms with van der Waals surface area (Å²) < 4.78 is 12.6. The summed E-state index contributed by atoms with van der Waals surface area (Å²) in [6.45, 7) is 2.19. The Hall–Kier alpha value is -0.380. The smallest absolute Gasteiger partial charge is 0.0591 e. The quantitative estimate of drug-likeness (QED) is 0.925. The van der Waals surface area contributed by atoms with Gasteiger partial charge in [0.05, 0.1) is 26.0 Å². The second kappa shape index (κ2) is 6.18. The summed E-state index contributed by atoms with van der Waals surface area (Å²) in [6.07, 6.45) is 4.23. The lowest BCUT2D eigenvalue weighted by Gasteiger charge is -2.33. The van der Waals surface area contributed by atoms with Gasteiger partial charge < -0.3 is 5.73 Å². The fourth-order valence-electron chi connectivity index (χ4n) is 2.62. The van der Waals surface area contributed by atoms with Crippen molar-refractivity contribution in [3.63, 3.8) is 0 Å². The molecule has 0 bridgehead atoms. The Balaban J connectivity index is 2.19. The van der Waals surface area contributed by atoms with E-state index in [0.717, 1.165) is 30.6 Å². The van der Waals surface area contributed by atoms with Gasteiger partial charge in [0.1, 0.15) is 0 Å². The fourth-order valence-corrected chi connectivity index (χ4v) is 4.69. The molecular weight excluding hydrogens is 266 g/mol. The van der Waals surface area contributed by atoms with Crippen LogP contribution in [0, 0.1) is 5.92 Å². The summed E-state index contributed by atoms with van der Waals surface area (Å²) in [5, 5.41) is 0.630. The third-order valence-corrected chi connectivity index (χ3v) is 6.18. The Morgan fingerprint density at radius 1 is 1.39 bits per heavy atom. The molecule has 0 heterocycles. The van der Waals surface area contributed by atoms with Gasteiger partial charge in [0.2, 0.25) is 0 Å². The maximum atomic E-state index is 12.6. The number of hydrogen-bond donors (Lipinski definition) is 1. The van der Waals surface area contributed by atoms with Crippen molar-refractivity contribution in [2.75, 3.05) is 0 Å². The molecule has 1 aliphatic carbocycles. The summed E-state index contributed by atoms with van der Waals surface area (Å²) in [5.74, 6) is 0.654. The van der Waals surface area contributed by atoms with Crippen LogP contribution in [0.3, 0.4) is 0 Å². The maximum absolute atomic E-state index is 12.6. The fraction of sp³-hybridized carbons (Fsp3) is 0.571. The largest absolute Gasteiger partial charge is 0.327 e. The van der Waals surface area contributed by atoms with E-state index in [-0.39, 0.29) is 11.3 Å². The van der Waals surface area contributed by atoms with Crippen LogP contribution in [0.2, 0.25) is 5.02 Å². The first-order valence-electron chi connectivity index (χ1n) is 6.54. The zero-order chi connectivity index (χ0) is 13.1. The van der Waals surface area contributed by atoms with Crippen LogP contribution in [-0.4, -0.2) is 15.5 Å². The Morgan fingerprint density at radius 3 is 2.78 bits per heavy atom. The van der Waals surface area contributed by atoms with Crippen molar-refractivity contribution < 1.29 is 4.21 Å². The van der Waals surface area contributed by atoms with Crippen LogP contribution < -0.4 is 5.73 Å². The van der Waals surface area contributed by atoms with Gasteiger partial charge in [-0.2, -0.15) is 0 Å². The molecule has 0 spiro atoms. The van der Waals surface area contributed by atoms with Crippen molar-refractivity contribution >= 4 is 22.4 Å². The van der Waals surface area contributed by atoms with Gasteiger partial charge in [0.25, 0.3) is 0 Å². The van der Waals surface area contributed by atoms with Crippen LogP contribution in [-0.2, 0) is 10.8 Å². The Labute approximate surface area is 116 Å². The molecule has 2 N–H and O–H groups in total. The van der Waals surface area contributed by atoms with Crippen LogP contribution in [0.4, 0.5) is 0 Å². The highest BCUT2D eigenvalue weighted by Gasteiger charge is 2.32. The molecule has 100 valence electrons. The predicted octanol–water partition coefficient (Wildman–Crippen LogP) is 3.35. The van der Waals surface area contributed by atoms with E-state index in [0.29, 0.717) is 10.9 Å². The molecule has 2 rings (SSSR count). The third-order valence-electron chi connectivity index (χ3n) is 3.86. The molecule has 1 aliphatic rings. The molecule has 1 fully saturated rings. The minimum atomic E-state index is -1.09. The molecule has 4 atom stereocenters. The number of nitrogens with two attached hydrogens (primary N) is 1. The van der Waals surface area contributed by atoms with Crippen LogP contribution in [0.1, 0.15) is 32.6 Å². The van der Waals surface area contributed by atoms with E-state index in [1.807, 2.05) is 18.2 Å². The Bertz CT molecular complexity index is 438. The first-order valence-corrected chi connectivity index (χ1v) is 8.13. The average Bonchev–Trinajstić information content (AvgIpc) is 2.39. The molecular formula is C14H20ClNOS. The van der Waals surface area contributed by atoms with Gasteiger partial charge >= 0.3 is 0 Å². The molecule has 4 unspecified atom stereocenters. The van der Waals surface area contributed by atoms with Crippen LogP contribution in [0.25, 0.3) is 0 Å². The number of halogens is 1. The third kappa shape index (κ3) is 2.95. The molecule has 18 heavy (non-hydrogen) atoms. The first-order chi connectivity index (χ1) is 8.63. The monoisotopic (exact) mass is 285 g/mol. The highest BCUT2D eigenvalue weighted by atomic mass is 35.5. The zero-order valence-electron chi connectivity index (χ0n) is 10.6. The van der Waals surface area contributed by atoms with Crippen molar-refractivity contribution in [3.05, 3.63) is 29.3 Å². The number of hydrogen-bond acceptors (Lipinski definition) is 2. The van der Waals surface area contributed by atoms with E-state index >= 15 is 0 Å². The van der Waals surface area contributed by atoms with Gasteiger partial charge in [-0.1, -0.05) is 37.1 Å². The van der Waals surface area contributed by atoms with Crippen molar-refractivity contribution in [1.82, 2.24) is 0 Å². The normalized spacial score (nSPS) is 30.1. The van der Waals surface area contributed by atoms with E-state index in [1.165, 1.54) is 0 Å². The Kier molecular flexibility index (Phi) is 4.82. The van der Waals surface area contributed by atoms with Gasteiger partial charge in [0, 0.05) is 6.04 Å². The summed E-state index contributed by atoms with van der Waals surface area (Å²) in [7, 11) is -1.09. The second-order valence-corrected chi connectivity index (χ2v) is 7.06. The second-order valence-electron chi connectivity index (χ2n) is 5.02. The zero-order valence-corrected chi connectivity index (χ0v) is 12.2. The molecule has 0 saturated heterocycles. The van der Waals surface area contributed by atoms with E-state index in [2.05, 4.69) is 6.92 Å². The van der Waals surface area contributed by atoms with Gasteiger partial charge in [0.15, 0.2) is 0 Å². The molecule has 1 aromatic rings. The molecule has 0 amide bonds. The molecule has 2 nitrogen and oxygen atoms in total. The van der Waals surface area contributed by atoms with E-state index < -0.39 is 10.8 Å². The lowest BCUT2D eigenvalue weighted by molar-refractivity contribution is 0.324. The van der Waals surface area contributed by atoms with Crippen molar-refractivity contribution in [3.8, 4) is 0 Å². The van der Waals surface area contributed by atoms with Crippen molar-refractivity contribution in [1.29, 1.82) is 0 Å². The highest BCUT2D eigenvalue weighted by Crippen LogP contribution is 2.32. The van der Waals surface area contributed by atoms with E-state index in [1.54, 1.807) is 6.07 Å². The lowest BCUT2D eigenvalue weighted by Crippen LogP contribution is -2.42. The highest BCUT2D eigenvalue weighted by molar-refractivity contribution is 7.85. The minimum absolute atomic E-state index is 0.0323. The molecule has 0 aromatic heterocycles. The van der Waals surface area contributed by atoms with Crippen molar-refractivity contribution in [2.45, 2.75) is 48.8 Å². The maximum Gasteiger partial charge on any atom is 0.0591 e. The molecule has 4 heteroatoms. The predicted molar refractivity (Wildman–Crippen MR) is 77.3 cm³/mol. The Morgan fingerprint density at radius 2 is 2.11 bits per heavy atom. The van der Waals surface area contributed by atoms with Crippen LogP contribution in [0.15, 0.2) is 29.2 Å².